The molecule has 1 fully saturated rings. The highest BCUT2D eigenvalue weighted by molar-refractivity contribution is 14.1. The molecule has 2 aromatic rings. The van der Waals surface area contributed by atoms with Crippen LogP contribution in [0.2, 0.25) is 0 Å². The minimum atomic E-state index is -0.574. The third kappa shape index (κ3) is 4.36. The number of nitrogens with one attached hydrogen (secondary N) is 1. The molecule has 5 nitrogen and oxygen atoms in total. The molecule has 0 saturated carbocycles. The van der Waals surface area contributed by atoms with Crippen molar-refractivity contribution in [3.63, 3.8) is 0 Å². The van der Waals surface area contributed by atoms with Gasteiger partial charge in [0, 0.05) is 5.56 Å². The number of ether oxygens (including phenoxy) is 1. The van der Waals surface area contributed by atoms with Gasteiger partial charge in [-0.05, 0) is 52.4 Å². The van der Waals surface area contributed by atoms with Crippen molar-refractivity contribution in [2.45, 2.75) is 6.54 Å². The van der Waals surface area contributed by atoms with Crippen molar-refractivity contribution in [2.24, 2.45) is 0 Å². The summed E-state index contributed by atoms with van der Waals surface area (Å²) in [6.45, 7) is 3.88. The maximum atomic E-state index is 13.8. The summed E-state index contributed by atoms with van der Waals surface area (Å²) in [5, 5.41) is 2.54. The second kappa shape index (κ2) is 8.34. The van der Waals surface area contributed by atoms with E-state index >= 15 is 0 Å². The lowest BCUT2D eigenvalue weighted by atomic mass is 10.1. The van der Waals surface area contributed by atoms with Crippen LogP contribution in [-0.2, 0) is 11.3 Å². The number of urea groups is 1. The number of amides is 3. The maximum Gasteiger partial charge on any atom is 0.329 e. The van der Waals surface area contributed by atoms with Crippen molar-refractivity contribution in [3.8, 4) is 5.75 Å². The predicted molar refractivity (Wildman–Crippen MR) is 108 cm³/mol. The first kappa shape index (κ1) is 19.1. The van der Waals surface area contributed by atoms with E-state index in [0.29, 0.717) is 12.4 Å². The average molecular weight is 478 g/mol. The fourth-order valence-corrected chi connectivity index (χ4v) is 3.25. The lowest BCUT2D eigenvalue weighted by Crippen LogP contribution is -2.30. The van der Waals surface area contributed by atoms with Gasteiger partial charge in [-0.1, -0.05) is 36.9 Å². The predicted octanol–water partition coefficient (Wildman–Crippen LogP) is 4.09. The Labute approximate surface area is 169 Å². The number of carbonyl (C=O) groups is 2. The zero-order chi connectivity index (χ0) is 19.4. The molecule has 3 amide bonds. The van der Waals surface area contributed by atoms with Gasteiger partial charge in [0.1, 0.15) is 23.9 Å². The summed E-state index contributed by atoms with van der Waals surface area (Å²) in [5.41, 5.74) is 1.16. The molecular weight excluding hydrogens is 462 g/mol. The molecular formula is C20H16FIN2O3. The quantitative estimate of drug-likeness (QED) is 0.295. The van der Waals surface area contributed by atoms with E-state index in [2.05, 4.69) is 34.5 Å². The van der Waals surface area contributed by atoms with E-state index in [4.69, 9.17) is 4.74 Å². The van der Waals surface area contributed by atoms with Crippen molar-refractivity contribution in [1.29, 1.82) is 0 Å². The second-order valence-electron chi connectivity index (χ2n) is 5.76. The van der Waals surface area contributed by atoms with Crippen molar-refractivity contribution in [1.82, 2.24) is 10.2 Å². The monoisotopic (exact) mass is 478 g/mol. The number of nitrogens with zero attached hydrogens (tertiary/aromatic N) is 1. The molecule has 2 aromatic carbocycles. The van der Waals surface area contributed by atoms with Crippen LogP contribution in [0.25, 0.3) is 6.08 Å². The van der Waals surface area contributed by atoms with Crippen LogP contribution in [0.1, 0.15) is 11.1 Å². The molecule has 1 heterocycles. The molecule has 7 heteroatoms. The first-order valence-electron chi connectivity index (χ1n) is 8.11. The van der Waals surface area contributed by atoms with Crippen LogP contribution in [0.3, 0.4) is 0 Å². The van der Waals surface area contributed by atoms with E-state index in [1.54, 1.807) is 42.5 Å². The highest BCUT2D eigenvalue weighted by atomic mass is 127. The number of carbonyl (C=O) groups excluding carboxylic acids is 2. The highest BCUT2D eigenvalue weighted by Crippen LogP contribution is 2.24. The molecule has 1 aliphatic heterocycles. The average Bonchev–Trinajstić information content (AvgIpc) is 2.90. The lowest BCUT2D eigenvalue weighted by Gasteiger charge is -2.12. The van der Waals surface area contributed by atoms with E-state index < -0.39 is 17.8 Å². The zero-order valence-corrected chi connectivity index (χ0v) is 16.4. The number of imide groups is 1. The van der Waals surface area contributed by atoms with Gasteiger partial charge in [0.2, 0.25) is 0 Å². The third-order valence-corrected chi connectivity index (χ3v) is 4.72. The number of hydrogen-bond donors (Lipinski definition) is 1. The van der Waals surface area contributed by atoms with Crippen molar-refractivity contribution in [2.75, 3.05) is 6.61 Å². The Balaban J connectivity index is 1.79. The van der Waals surface area contributed by atoms with E-state index in [1.807, 2.05) is 6.07 Å². The van der Waals surface area contributed by atoms with Gasteiger partial charge in [-0.2, -0.15) is 0 Å². The molecule has 1 saturated heterocycles. The molecule has 27 heavy (non-hydrogen) atoms. The summed E-state index contributed by atoms with van der Waals surface area (Å²) in [5.74, 6) is -0.244. The Hall–Kier alpha value is -2.68. The normalized spacial score (nSPS) is 15.2. The molecule has 3 rings (SSSR count). The van der Waals surface area contributed by atoms with Crippen LogP contribution in [0.15, 0.2) is 60.8 Å². The summed E-state index contributed by atoms with van der Waals surface area (Å²) in [6, 6.07) is 10.9. The van der Waals surface area contributed by atoms with Crippen molar-refractivity contribution < 1.29 is 18.7 Å². The van der Waals surface area contributed by atoms with Crippen LogP contribution < -0.4 is 10.1 Å². The van der Waals surface area contributed by atoms with Crippen LogP contribution in [0.5, 0.6) is 5.75 Å². The summed E-state index contributed by atoms with van der Waals surface area (Å²) < 4.78 is 20.2. The summed E-state index contributed by atoms with van der Waals surface area (Å²) in [6.07, 6.45) is 3.24. The van der Waals surface area contributed by atoms with Crippen LogP contribution in [-0.4, -0.2) is 23.4 Å². The molecule has 0 spiro atoms. The van der Waals surface area contributed by atoms with Gasteiger partial charge in [-0.15, -0.1) is 0 Å². The zero-order valence-electron chi connectivity index (χ0n) is 14.2. The minimum Gasteiger partial charge on any atom is -0.488 e. The molecule has 1 N–H and O–H groups in total. The van der Waals surface area contributed by atoms with Crippen LogP contribution in [0, 0.1) is 9.39 Å². The van der Waals surface area contributed by atoms with Gasteiger partial charge >= 0.3 is 6.03 Å². The largest absolute Gasteiger partial charge is 0.488 e. The molecule has 0 unspecified atom stereocenters. The van der Waals surface area contributed by atoms with Gasteiger partial charge in [-0.25, -0.2) is 9.18 Å². The third-order valence-electron chi connectivity index (χ3n) is 3.87. The maximum absolute atomic E-state index is 13.8. The Morgan fingerprint density at radius 2 is 2.00 bits per heavy atom. The second-order valence-corrected chi connectivity index (χ2v) is 6.92. The van der Waals surface area contributed by atoms with E-state index in [9.17, 15) is 14.0 Å². The Bertz CT molecular complexity index is 943. The Morgan fingerprint density at radius 3 is 2.70 bits per heavy atom. The fraction of sp³-hybridized carbons (Fsp3) is 0.100. The van der Waals surface area contributed by atoms with E-state index in [1.165, 1.54) is 6.07 Å². The van der Waals surface area contributed by atoms with Gasteiger partial charge in [-0.3, -0.25) is 9.69 Å². The minimum absolute atomic E-state index is 0.124. The van der Waals surface area contributed by atoms with Crippen molar-refractivity contribution in [3.05, 3.63) is 81.3 Å². The van der Waals surface area contributed by atoms with Gasteiger partial charge in [0.25, 0.3) is 5.91 Å². The summed E-state index contributed by atoms with van der Waals surface area (Å²) >= 11 is 2.13. The number of halogens is 2. The van der Waals surface area contributed by atoms with E-state index in [-0.39, 0.29) is 17.8 Å². The molecule has 0 bridgehead atoms. The molecule has 0 aliphatic carbocycles. The molecule has 138 valence electrons. The SMILES string of the molecule is C=CCOc1ccc(/C=C2/NC(=O)N(Cc3ccccc3F)C2=O)cc1I. The molecule has 0 atom stereocenters. The van der Waals surface area contributed by atoms with Crippen molar-refractivity contribution >= 4 is 40.6 Å². The topological polar surface area (TPSA) is 58.6 Å². The number of rotatable bonds is 6. The standard InChI is InChI=1S/C20H16FIN2O3/c1-2-9-27-18-8-7-13(10-16(18)22)11-17-19(25)24(20(26)23-17)12-14-5-3-4-6-15(14)21/h2-8,10-11H,1,9,12H2,(H,23,26)/b17-11+. The molecule has 1 aliphatic rings. The van der Waals surface area contributed by atoms with Gasteiger partial charge in [0.15, 0.2) is 0 Å². The summed E-state index contributed by atoms with van der Waals surface area (Å²) in [4.78, 5) is 25.7. The summed E-state index contributed by atoms with van der Waals surface area (Å²) in [7, 11) is 0. The first-order valence-corrected chi connectivity index (χ1v) is 9.18. The first-order chi connectivity index (χ1) is 13.0. The van der Waals surface area contributed by atoms with Gasteiger partial charge < -0.3 is 10.1 Å². The fourth-order valence-electron chi connectivity index (χ4n) is 2.55. The Morgan fingerprint density at radius 1 is 1.22 bits per heavy atom. The number of benzene rings is 2. The Kier molecular flexibility index (Phi) is 5.90. The van der Waals surface area contributed by atoms with Crippen LogP contribution in [0.4, 0.5) is 9.18 Å². The lowest BCUT2D eigenvalue weighted by molar-refractivity contribution is -0.123. The van der Waals surface area contributed by atoms with E-state index in [0.717, 1.165) is 14.0 Å². The smallest absolute Gasteiger partial charge is 0.329 e. The highest BCUT2D eigenvalue weighted by Gasteiger charge is 2.33. The molecule has 0 radical (unpaired) electrons. The van der Waals surface area contributed by atoms with Gasteiger partial charge in [0.05, 0.1) is 10.1 Å². The number of hydrogen-bond acceptors (Lipinski definition) is 3. The van der Waals surface area contributed by atoms with Crippen LogP contribution >= 0.6 is 22.6 Å². The molecule has 0 aromatic heterocycles.